The number of anilines is 1. The Morgan fingerprint density at radius 1 is 1.13 bits per heavy atom. The van der Waals surface area contributed by atoms with E-state index in [-0.39, 0.29) is 0 Å². The summed E-state index contributed by atoms with van der Waals surface area (Å²) in [6, 6.07) is 6.88. The molecule has 1 unspecified atom stereocenters. The average Bonchev–Trinajstić information content (AvgIpc) is 2.67. The molecule has 0 saturated heterocycles. The topological polar surface area (TPSA) is 50.1 Å². The number of hydrogen-bond donors (Lipinski definition) is 3. The van der Waals surface area contributed by atoms with E-state index in [1.165, 1.54) is 11.1 Å². The SMILES string of the molecule is C=CCc1cc(N/C(C)=C(/C=C(/C)C(=C)NC(C)C(C)C)C(=C)N)ccc1CCC. The van der Waals surface area contributed by atoms with Gasteiger partial charge in [-0.2, -0.15) is 0 Å². The molecule has 1 aromatic carbocycles. The van der Waals surface area contributed by atoms with Crippen LogP contribution in [0.1, 0.15) is 59.1 Å². The van der Waals surface area contributed by atoms with Crippen molar-refractivity contribution in [3.05, 3.63) is 89.5 Å². The molecule has 0 radical (unpaired) electrons. The van der Waals surface area contributed by atoms with Crippen molar-refractivity contribution in [3.63, 3.8) is 0 Å². The fourth-order valence-electron chi connectivity index (χ4n) is 3.15. The summed E-state index contributed by atoms with van der Waals surface area (Å²) in [4.78, 5) is 0. The third kappa shape index (κ3) is 7.62. The molecular formula is C27H41N3. The molecule has 0 fully saturated rings. The maximum atomic E-state index is 6.13. The van der Waals surface area contributed by atoms with Crippen LogP contribution in [0, 0.1) is 5.92 Å². The van der Waals surface area contributed by atoms with Crippen LogP contribution in [0.25, 0.3) is 0 Å². The third-order valence-electron chi connectivity index (χ3n) is 5.41. The Morgan fingerprint density at radius 3 is 2.33 bits per heavy atom. The zero-order chi connectivity index (χ0) is 22.8. The lowest BCUT2D eigenvalue weighted by Crippen LogP contribution is -2.30. The maximum Gasteiger partial charge on any atom is 0.0384 e. The largest absolute Gasteiger partial charge is 0.399 e. The van der Waals surface area contributed by atoms with Crippen LogP contribution in [0.15, 0.2) is 78.3 Å². The Hall–Kier alpha value is -2.68. The molecule has 0 amide bonds. The lowest BCUT2D eigenvalue weighted by Gasteiger charge is -2.21. The zero-order valence-electron chi connectivity index (χ0n) is 19.9. The second-order valence-electron chi connectivity index (χ2n) is 8.40. The predicted molar refractivity (Wildman–Crippen MR) is 134 cm³/mol. The van der Waals surface area contributed by atoms with E-state index in [0.29, 0.717) is 17.7 Å². The molecule has 0 aromatic heterocycles. The number of benzene rings is 1. The highest BCUT2D eigenvalue weighted by Crippen LogP contribution is 2.23. The Morgan fingerprint density at radius 2 is 1.80 bits per heavy atom. The van der Waals surface area contributed by atoms with Crippen molar-refractivity contribution in [1.82, 2.24) is 5.32 Å². The summed E-state index contributed by atoms with van der Waals surface area (Å²) in [5.74, 6) is 0.526. The van der Waals surface area contributed by atoms with Crippen molar-refractivity contribution >= 4 is 5.69 Å². The lowest BCUT2D eigenvalue weighted by molar-refractivity contribution is 0.464. The number of aryl methyl sites for hydroxylation is 1. The fourth-order valence-corrected chi connectivity index (χ4v) is 3.15. The van der Waals surface area contributed by atoms with E-state index in [4.69, 9.17) is 5.73 Å². The Bertz CT molecular complexity index is 825. The van der Waals surface area contributed by atoms with Crippen LogP contribution in [-0.4, -0.2) is 6.04 Å². The van der Waals surface area contributed by atoms with Gasteiger partial charge in [-0.15, -0.1) is 6.58 Å². The van der Waals surface area contributed by atoms with Crippen LogP contribution < -0.4 is 16.4 Å². The normalized spacial score (nSPS) is 13.5. The fraction of sp³-hybridized carbons (Fsp3) is 0.407. The molecule has 0 aliphatic heterocycles. The first-order chi connectivity index (χ1) is 14.1. The molecule has 3 nitrogen and oxygen atoms in total. The minimum absolute atomic E-state index is 0.346. The molecule has 0 aliphatic carbocycles. The number of allylic oxidation sites excluding steroid dienone is 4. The molecule has 0 heterocycles. The lowest BCUT2D eigenvalue weighted by atomic mass is 9.99. The van der Waals surface area contributed by atoms with Gasteiger partial charge >= 0.3 is 0 Å². The molecule has 30 heavy (non-hydrogen) atoms. The predicted octanol–water partition coefficient (Wildman–Crippen LogP) is 6.62. The van der Waals surface area contributed by atoms with Gasteiger partial charge in [0.2, 0.25) is 0 Å². The molecule has 1 rings (SSSR count). The van der Waals surface area contributed by atoms with Gasteiger partial charge in [0.1, 0.15) is 0 Å². The van der Waals surface area contributed by atoms with Crippen molar-refractivity contribution in [3.8, 4) is 0 Å². The minimum Gasteiger partial charge on any atom is -0.399 e. The highest BCUT2D eigenvalue weighted by molar-refractivity contribution is 5.56. The standard InChI is InChI=1S/C27H41N3/c1-10-12-24-14-15-26(17-25(24)13-11-2)30-23(9)27(20(6)28)16-19(5)22(8)29-21(7)18(3)4/h11,14-18,21,29-30H,2,6,8,10,12-13,28H2,1,3-5,7,9H3/b19-16-,27-23-. The summed E-state index contributed by atoms with van der Waals surface area (Å²) in [7, 11) is 0. The monoisotopic (exact) mass is 407 g/mol. The summed E-state index contributed by atoms with van der Waals surface area (Å²) in [6.45, 7) is 24.9. The average molecular weight is 408 g/mol. The molecule has 1 atom stereocenters. The number of hydrogen-bond acceptors (Lipinski definition) is 3. The molecular weight excluding hydrogens is 366 g/mol. The van der Waals surface area contributed by atoms with Crippen LogP contribution in [-0.2, 0) is 12.8 Å². The molecule has 0 bridgehead atoms. The third-order valence-corrected chi connectivity index (χ3v) is 5.41. The van der Waals surface area contributed by atoms with Gasteiger partial charge in [0, 0.05) is 34.4 Å². The van der Waals surface area contributed by atoms with Crippen LogP contribution >= 0.6 is 0 Å². The van der Waals surface area contributed by atoms with Gasteiger partial charge in [0.25, 0.3) is 0 Å². The molecule has 0 aliphatic rings. The molecule has 0 spiro atoms. The second kappa shape index (κ2) is 12.1. The van der Waals surface area contributed by atoms with E-state index >= 15 is 0 Å². The molecule has 0 saturated carbocycles. The smallest absolute Gasteiger partial charge is 0.0384 e. The van der Waals surface area contributed by atoms with Crippen LogP contribution in [0.5, 0.6) is 0 Å². The summed E-state index contributed by atoms with van der Waals surface area (Å²) < 4.78 is 0. The van der Waals surface area contributed by atoms with Gasteiger partial charge in [-0.05, 0) is 74.4 Å². The first kappa shape index (κ1) is 25.4. The summed E-state index contributed by atoms with van der Waals surface area (Å²) in [5, 5.41) is 6.97. The van der Waals surface area contributed by atoms with E-state index in [9.17, 15) is 0 Å². The maximum absolute atomic E-state index is 6.13. The van der Waals surface area contributed by atoms with E-state index in [1.54, 1.807) is 0 Å². The van der Waals surface area contributed by atoms with E-state index in [1.807, 2.05) is 26.0 Å². The number of rotatable bonds is 12. The van der Waals surface area contributed by atoms with Crippen molar-refractivity contribution in [2.24, 2.45) is 11.7 Å². The van der Waals surface area contributed by atoms with Crippen molar-refractivity contribution in [2.75, 3.05) is 5.32 Å². The van der Waals surface area contributed by atoms with Crippen molar-refractivity contribution in [2.45, 2.75) is 66.8 Å². The first-order valence-corrected chi connectivity index (χ1v) is 10.9. The number of nitrogens with two attached hydrogens (primary N) is 1. The summed E-state index contributed by atoms with van der Waals surface area (Å²) >= 11 is 0. The van der Waals surface area contributed by atoms with Gasteiger partial charge in [0.05, 0.1) is 0 Å². The van der Waals surface area contributed by atoms with Gasteiger partial charge in [-0.25, -0.2) is 0 Å². The van der Waals surface area contributed by atoms with Gasteiger partial charge in [-0.3, -0.25) is 0 Å². The summed E-state index contributed by atoms with van der Waals surface area (Å²) in [5.41, 5.74) is 14.2. The Kier molecular flexibility index (Phi) is 10.2. The van der Waals surface area contributed by atoms with E-state index in [0.717, 1.165) is 47.5 Å². The Balaban J connectivity index is 3.17. The van der Waals surface area contributed by atoms with Gasteiger partial charge < -0.3 is 16.4 Å². The van der Waals surface area contributed by atoms with E-state index in [2.05, 4.69) is 76.3 Å². The first-order valence-electron chi connectivity index (χ1n) is 10.9. The Labute approximate surface area is 184 Å². The number of nitrogens with one attached hydrogen (secondary N) is 2. The summed E-state index contributed by atoms with van der Waals surface area (Å²) in [6.07, 6.45) is 7.07. The minimum atomic E-state index is 0.346. The van der Waals surface area contributed by atoms with Crippen LogP contribution in [0.3, 0.4) is 0 Å². The van der Waals surface area contributed by atoms with E-state index < -0.39 is 0 Å². The van der Waals surface area contributed by atoms with Gasteiger partial charge in [0.15, 0.2) is 0 Å². The van der Waals surface area contributed by atoms with Crippen molar-refractivity contribution in [1.29, 1.82) is 0 Å². The second-order valence-corrected chi connectivity index (χ2v) is 8.40. The highest BCUT2D eigenvalue weighted by atomic mass is 14.9. The molecule has 164 valence electrons. The van der Waals surface area contributed by atoms with Crippen LogP contribution in [0.2, 0.25) is 0 Å². The van der Waals surface area contributed by atoms with Crippen LogP contribution in [0.4, 0.5) is 5.69 Å². The zero-order valence-corrected chi connectivity index (χ0v) is 19.9. The van der Waals surface area contributed by atoms with Gasteiger partial charge in [-0.1, -0.05) is 52.5 Å². The quantitative estimate of drug-likeness (QED) is 0.269. The molecule has 3 heteroatoms. The highest BCUT2D eigenvalue weighted by Gasteiger charge is 2.10. The van der Waals surface area contributed by atoms with Crippen molar-refractivity contribution < 1.29 is 0 Å². The molecule has 1 aromatic rings. The molecule has 4 N–H and O–H groups in total.